The maximum atomic E-state index is 10.1. The minimum atomic E-state index is 0.513. The van der Waals surface area contributed by atoms with E-state index in [-0.39, 0.29) is 0 Å². The Labute approximate surface area is 57.5 Å². The fourth-order valence-corrected chi connectivity index (χ4v) is 0.957. The predicted octanol–water partition coefficient (Wildman–Crippen LogP) is -0.306. The van der Waals surface area contributed by atoms with Gasteiger partial charge in [0.15, 0.2) is 0 Å². The Morgan fingerprint density at radius 1 is 1.70 bits per heavy atom. The van der Waals surface area contributed by atoms with Crippen molar-refractivity contribution in [2.75, 3.05) is 6.54 Å². The lowest BCUT2D eigenvalue weighted by atomic mass is 10.2. The Bertz CT molecular complexity index is 264. The standard InChI is InChI=1S/C6H4N3O/c10-4-9-2-5-1-7-8-6(5)3-9/h1-2H,3H2. The average molecular weight is 134 g/mol. The van der Waals surface area contributed by atoms with Gasteiger partial charge in [-0.25, -0.2) is 0 Å². The molecule has 2 rings (SSSR count). The molecule has 0 aromatic carbocycles. The van der Waals surface area contributed by atoms with Crippen molar-refractivity contribution in [3.8, 4) is 0 Å². The highest BCUT2D eigenvalue weighted by molar-refractivity contribution is 6.21. The van der Waals surface area contributed by atoms with Crippen LogP contribution in [0.5, 0.6) is 0 Å². The van der Waals surface area contributed by atoms with Crippen LogP contribution >= 0.6 is 0 Å². The molecule has 2 heterocycles. The molecule has 1 amide bonds. The van der Waals surface area contributed by atoms with Crippen LogP contribution in [0.25, 0.3) is 0 Å². The van der Waals surface area contributed by atoms with Crippen LogP contribution in [0.2, 0.25) is 0 Å². The lowest BCUT2D eigenvalue weighted by molar-refractivity contribution is 0.493. The van der Waals surface area contributed by atoms with Crippen LogP contribution in [0, 0.1) is 0 Å². The van der Waals surface area contributed by atoms with E-state index in [2.05, 4.69) is 10.2 Å². The molecule has 0 saturated carbocycles. The molecule has 0 spiro atoms. The van der Waals surface area contributed by atoms with Gasteiger partial charge in [-0.05, 0) is 0 Å². The number of fused-ring (bicyclic) bond motifs is 1. The summed E-state index contributed by atoms with van der Waals surface area (Å²) in [5.41, 5.74) is 1.77. The van der Waals surface area contributed by atoms with E-state index in [4.69, 9.17) is 0 Å². The van der Waals surface area contributed by atoms with Crippen LogP contribution in [0.4, 0.5) is 0 Å². The van der Waals surface area contributed by atoms with E-state index in [1.807, 2.05) is 0 Å². The van der Waals surface area contributed by atoms with Gasteiger partial charge in [0.25, 0.3) is 0 Å². The predicted molar refractivity (Wildman–Crippen MR) is 36.4 cm³/mol. The van der Waals surface area contributed by atoms with E-state index in [1.54, 1.807) is 18.8 Å². The molecule has 0 unspecified atom stereocenters. The molecule has 4 nitrogen and oxygen atoms in total. The topological polar surface area (TPSA) is 45.0 Å². The third-order valence-corrected chi connectivity index (χ3v) is 1.44. The van der Waals surface area contributed by atoms with Crippen molar-refractivity contribution in [2.45, 2.75) is 0 Å². The quantitative estimate of drug-likeness (QED) is 0.485. The third kappa shape index (κ3) is 0.586. The first kappa shape index (κ1) is 5.34. The van der Waals surface area contributed by atoms with Gasteiger partial charge in [-0.1, -0.05) is 0 Å². The van der Waals surface area contributed by atoms with E-state index in [0.717, 1.165) is 11.3 Å². The number of carbonyl (C=O) groups excluding carboxylic acids is 1. The van der Waals surface area contributed by atoms with Gasteiger partial charge < -0.3 is 4.90 Å². The fourth-order valence-electron chi connectivity index (χ4n) is 0.957. The molecule has 0 aromatic rings. The van der Waals surface area contributed by atoms with Gasteiger partial charge in [-0.15, -0.1) is 0 Å². The minimum Gasteiger partial charge on any atom is -0.304 e. The van der Waals surface area contributed by atoms with Crippen molar-refractivity contribution in [1.29, 1.82) is 0 Å². The SMILES string of the molecule is O=[C]N1C=C2C=NN=C2C1. The van der Waals surface area contributed by atoms with E-state index in [0.29, 0.717) is 6.54 Å². The smallest absolute Gasteiger partial charge is 0.304 e. The summed E-state index contributed by atoms with van der Waals surface area (Å²) in [4.78, 5) is 11.5. The van der Waals surface area contributed by atoms with Gasteiger partial charge in [0, 0.05) is 11.8 Å². The summed E-state index contributed by atoms with van der Waals surface area (Å²) in [6.07, 6.45) is 5.07. The summed E-state index contributed by atoms with van der Waals surface area (Å²) < 4.78 is 0. The summed E-state index contributed by atoms with van der Waals surface area (Å²) in [5, 5.41) is 7.47. The second-order valence-corrected chi connectivity index (χ2v) is 2.09. The molecule has 0 N–H and O–H groups in total. The molecule has 1 radical (unpaired) electrons. The Balaban J connectivity index is 2.32. The zero-order chi connectivity index (χ0) is 6.97. The molecule has 0 atom stereocenters. The van der Waals surface area contributed by atoms with Gasteiger partial charge in [0.2, 0.25) is 0 Å². The molecule has 0 aliphatic carbocycles. The van der Waals surface area contributed by atoms with Crippen molar-refractivity contribution in [3.05, 3.63) is 11.8 Å². The normalized spacial score (nSPS) is 20.6. The first-order chi connectivity index (χ1) is 4.90. The molecular weight excluding hydrogens is 130 g/mol. The molecule has 10 heavy (non-hydrogen) atoms. The van der Waals surface area contributed by atoms with Crippen molar-refractivity contribution in [3.63, 3.8) is 0 Å². The first-order valence-corrected chi connectivity index (χ1v) is 2.86. The van der Waals surface area contributed by atoms with E-state index >= 15 is 0 Å². The highest BCUT2D eigenvalue weighted by Gasteiger charge is 2.20. The number of hydrogen-bond acceptors (Lipinski definition) is 3. The van der Waals surface area contributed by atoms with Crippen LogP contribution in [0.1, 0.15) is 0 Å². The first-order valence-electron chi connectivity index (χ1n) is 2.86. The zero-order valence-corrected chi connectivity index (χ0v) is 5.11. The minimum absolute atomic E-state index is 0.513. The number of amides is 1. The molecule has 0 aromatic heterocycles. The lowest BCUT2D eigenvalue weighted by Gasteiger charge is -1.99. The zero-order valence-electron chi connectivity index (χ0n) is 5.11. The van der Waals surface area contributed by atoms with Gasteiger partial charge >= 0.3 is 6.41 Å². The van der Waals surface area contributed by atoms with Crippen LogP contribution in [0.3, 0.4) is 0 Å². The second-order valence-electron chi connectivity index (χ2n) is 2.09. The van der Waals surface area contributed by atoms with Crippen molar-refractivity contribution >= 4 is 18.3 Å². The lowest BCUT2D eigenvalue weighted by Crippen LogP contribution is -2.15. The molecule has 2 aliphatic rings. The summed E-state index contributed by atoms with van der Waals surface area (Å²) in [6, 6.07) is 0. The summed E-state index contributed by atoms with van der Waals surface area (Å²) >= 11 is 0. The van der Waals surface area contributed by atoms with Gasteiger partial charge in [0.05, 0.1) is 18.5 Å². The largest absolute Gasteiger partial charge is 0.316 e. The van der Waals surface area contributed by atoms with E-state index in [1.165, 1.54) is 4.90 Å². The number of hydrogen-bond donors (Lipinski definition) is 0. The Morgan fingerprint density at radius 2 is 2.60 bits per heavy atom. The number of rotatable bonds is 1. The molecule has 0 bridgehead atoms. The van der Waals surface area contributed by atoms with E-state index < -0.39 is 0 Å². The van der Waals surface area contributed by atoms with Crippen molar-refractivity contribution in [2.24, 2.45) is 10.2 Å². The monoisotopic (exact) mass is 134 g/mol. The molecule has 2 aliphatic heterocycles. The van der Waals surface area contributed by atoms with E-state index in [9.17, 15) is 4.79 Å². The van der Waals surface area contributed by atoms with Crippen molar-refractivity contribution in [1.82, 2.24) is 4.90 Å². The van der Waals surface area contributed by atoms with Crippen LogP contribution < -0.4 is 0 Å². The molecule has 4 heteroatoms. The van der Waals surface area contributed by atoms with Gasteiger partial charge in [0.1, 0.15) is 0 Å². The summed E-state index contributed by atoms with van der Waals surface area (Å²) in [7, 11) is 0. The van der Waals surface area contributed by atoms with Crippen molar-refractivity contribution < 1.29 is 4.79 Å². The highest BCUT2D eigenvalue weighted by atomic mass is 16.1. The van der Waals surface area contributed by atoms with Crippen LogP contribution in [-0.2, 0) is 4.79 Å². The fraction of sp³-hybridized carbons (Fsp3) is 0.167. The maximum absolute atomic E-state index is 10.1. The maximum Gasteiger partial charge on any atom is 0.316 e. The second kappa shape index (κ2) is 1.76. The molecule has 49 valence electrons. The van der Waals surface area contributed by atoms with Gasteiger partial charge in [-0.3, -0.25) is 4.79 Å². The van der Waals surface area contributed by atoms with Gasteiger partial charge in [-0.2, -0.15) is 10.2 Å². The summed E-state index contributed by atoms with van der Waals surface area (Å²) in [6.45, 7) is 0.513. The van der Waals surface area contributed by atoms with Crippen LogP contribution in [-0.4, -0.2) is 29.8 Å². The molecule has 0 fully saturated rings. The number of nitrogens with zero attached hydrogens (tertiary/aromatic N) is 3. The summed E-state index contributed by atoms with van der Waals surface area (Å²) in [5.74, 6) is 0. The Kier molecular flexibility index (Phi) is 0.943. The molecule has 0 saturated heterocycles. The average Bonchev–Trinajstić information content (AvgIpc) is 2.42. The molecular formula is C6H4N3O. The Hall–Kier alpha value is -1.45. The van der Waals surface area contributed by atoms with Crippen LogP contribution in [0.15, 0.2) is 22.0 Å². The Morgan fingerprint density at radius 3 is 3.30 bits per heavy atom. The third-order valence-electron chi connectivity index (χ3n) is 1.44. The highest BCUT2D eigenvalue weighted by Crippen LogP contribution is 2.12.